The minimum absolute atomic E-state index is 0.148. The molecule has 0 unspecified atom stereocenters. The first-order valence-electron chi connectivity index (χ1n) is 3.84. The van der Waals surface area contributed by atoms with Crippen molar-refractivity contribution in [2.75, 3.05) is 0 Å². The summed E-state index contributed by atoms with van der Waals surface area (Å²) in [5.41, 5.74) is 0. The van der Waals surface area contributed by atoms with Crippen LogP contribution in [-0.2, 0) is 4.79 Å². The lowest BCUT2D eigenvalue weighted by atomic mass is 9.96. The van der Waals surface area contributed by atoms with E-state index in [0.29, 0.717) is 12.8 Å². The van der Waals surface area contributed by atoms with Crippen LogP contribution in [0.3, 0.4) is 0 Å². The maximum atomic E-state index is 11.0. The van der Waals surface area contributed by atoms with Crippen molar-refractivity contribution in [3.8, 4) is 0 Å². The summed E-state index contributed by atoms with van der Waals surface area (Å²) in [7, 11) is 0. The van der Waals surface area contributed by atoms with Gasteiger partial charge in [-0.2, -0.15) is 0 Å². The molecule has 0 spiro atoms. The Morgan fingerprint density at radius 3 is 2.30 bits per heavy atom. The summed E-state index contributed by atoms with van der Waals surface area (Å²) in [4.78, 5) is 11.0. The van der Waals surface area contributed by atoms with Gasteiger partial charge in [-0.15, -0.1) is 0 Å². The lowest BCUT2D eigenvalue weighted by molar-refractivity contribution is -0.125. The highest BCUT2D eigenvalue weighted by molar-refractivity contribution is 5.80. The zero-order valence-corrected chi connectivity index (χ0v) is 6.92. The van der Waals surface area contributed by atoms with Gasteiger partial charge in [-0.05, 0) is 6.42 Å². The number of aliphatic hydroxyl groups is 1. The second kappa shape index (κ2) is 4.45. The maximum absolute atomic E-state index is 11.0. The third-order valence-electron chi connectivity index (χ3n) is 1.85. The van der Waals surface area contributed by atoms with E-state index in [1.165, 1.54) is 0 Å². The molecule has 0 aromatic rings. The highest BCUT2D eigenvalue weighted by Gasteiger charge is 2.17. The van der Waals surface area contributed by atoms with Crippen LogP contribution >= 0.6 is 0 Å². The molecule has 0 fully saturated rings. The number of carbonyl (C=O) groups is 1. The molecule has 0 radical (unpaired) electrons. The van der Waals surface area contributed by atoms with Crippen LogP contribution in [0.25, 0.3) is 0 Å². The SMILES string of the molecule is CCC(=O)[C@@H](C)[C@@H](O)CC. The topological polar surface area (TPSA) is 37.3 Å². The van der Waals surface area contributed by atoms with Crippen molar-refractivity contribution in [1.82, 2.24) is 0 Å². The second-order valence-corrected chi connectivity index (χ2v) is 2.58. The van der Waals surface area contributed by atoms with Crippen molar-refractivity contribution in [2.45, 2.75) is 39.7 Å². The molecule has 0 saturated heterocycles. The summed E-state index contributed by atoms with van der Waals surface area (Å²) < 4.78 is 0. The molecule has 0 amide bonds. The minimum atomic E-state index is -0.451. The van der Waals surface area contributed by atoms with E-state index in [4.69, 9.17) is 0 Å². The van der Waals surface area contributed by atoms with Gasteiger partial charge in [-0.1, -0.05) is 20.8 Å². The number of aliphatic hydroxyl groups excluding tert-OH is 1. The number of hydrogen-bond donors (Lipinski definition) is 1. The smallest absolute Gasteiger partial charge is 0.138 e. The standard InChI is InChI=1S/C8H16O2/c1-4-7(9)6(3)8(10)5-2/h6-7,9H,4-5H2,1-3H3/t6-,7-/m0/s1. The van der Waals surface area contributed by atoms with Crippen molar-refractivity contribution in [2.24, 2.45) is 5.92 Å². The summed E-state index contributed by atoms with van der Waals surface area (Å²) >= 11 is 0. The first-order chi connectivity index (χ1) is 4.63. The quantitative estimate of drug-likeness (QED) is 0.647. The van der Waals surface area contributed by atoms with Crippen LogP contribution < -0.4 is 0 Å². The fourth-order valence-electron chi connectivity index (χ4n) is 0.890. The van der Waals surface area contributed by atoms with Gasteiger partial charge in [0.25, 0.3) is 0 Å². The lowest BCUT2D eigenvalue weighted by Crippen LogP contribution is -2.24. The summed E-state index contributed by atoms with van der Waals surface area (Å²) in [6.45, 7) is 5.48. The molecular formula is C8H16O2. The van der Waals surface area contributed by atoms with Crippen molar-refractivity contribution >= 4 is 5.78 Å². The normalized spacial score (nSPS) is 16.4. The summed E-state index contributed by atoms with van der Waals surface area (Å²) in [5.74, 6) is -0.0376. The Morgan fingerprint density at radius 1 is 1.50 bits per heavy atom. The van der Waals surface area contributed by atoms with Gasteiger partial charge in [0, 0.05) is 12.3 Å². The van der Waals surface area contributed by atoms with Crippen molar-refractivity contribution < 1.29 is 9.90 Å². The Hall–Kier alpha value is -0.370. The molecule has 0 aliphatic rings. The first-order valence-corrected chi connectivity index (χ1v) is 3.84. The van der Waals surface area contributed by atoms with Gasteiger partial charge in [-0.3, -0.25) is 4.79 Å². The van der Waals surface area contributed by atoms with Gasteiger partial charge in [0.05, 0.1) is 6.10 Å². The van der Waals surface area contributed by atoms with Crippen LogP contribution in [0.1, 0.15) is 33.6 Å². The van der Waals surface area contributed by atoms with E-state index in [2.05, 4.69) is 0 Å². The zero-order valence-electron chi connectivity index (χ0n) is 6.92. The van der Waals surface area contributed by atoms with E-state index in [9.17, 15) is 9.90 Å². The fraction of sp³-hybridized carbons (Fsp3) is 0.875. The average molecular weight is 144 g/mol. The number of hydrogen-bond acceptors (Lipinski definition) is 2. The average Bonchev–Trinajstić information content (AvgIpc) is 2.00. The lowest BCUT2D eigenvalue weighted by Gasteiger charge is -2.14. The van der Waals surface area contributed by atoms with Gasteiger partial charge >= 0.3 is 0 Å². The molecule has 0 bridgehead atoms. The van der Waals surface area contributed by atoms with Crippen LogP contribution in [0.5, 0.6) is 0 Å². The number of rotatable bonds is 4. The van der Waals surface area contributed by atoms with E-state index in [1.54, 1.807) is 6.92 Å². The Bertz CT molecular complexity index is 110. The molecule has 60 valence electrons. The van der Waals surface area contributed by atoms with Gasteiger partial charge < -0.3 is 5.11 Å². The van der Waals surface area contributed by atoms with E-state index in [1.807, 2.05) is 13.8 Å². The predicted octanol–water partition coefficient (Wildman–Crippen LogP) is 1.37. The molecule has 0 aromatic carbocycles. The maximum Gasteiger partial charge on any atom is 0.138 e. The van der Waals surface area contributed by atoms with E-state index < -0.39 is 6.10 Å². The third-order valence-corrected chi connectivity index (χ3v) is 1.85. The van der Waals surface area contributed by atoms with Crippen LogP contribution in [0.2, 0.25) is 0 Å². The molecule has 0 aromatic heterocycles. The number of ketones is 1. The first kappa shape index (κ1) is 9.63. The summed E-state index contributed by atoms with van der Waals surface area (Å²) in [6, 6.07) is 0. The van der Waals surface area contributed by atoms with Gasteiger partial charge in [0.15, 0.2) is 0 Å². The molecular weight excluding hydrogens is 128 g/mol. The minimum Gasteiger partial charge on any atom is -0.392 e. The Labute approximate surface area is 62.2 Å². The monoisotopic (exact) mass is 144 g/mol. The predicted molar refractivity (Wildman–Crippen MR) is 40.8 cm³/mol. The van der Waals surface area contributed by atoms with Crippen molar-refractivity contribution in [3.63, 3.8) is 0 Å². The van der Waals surface area contributed by atoms with E-state index in [-0.39, 0.29) is 11.7 Å². The highest BCUT2D eigenvalue weighted by atomic mass is 16.3. The molecule has 2 nitrogen and oxygen atoms in total. The van der Waals surface area contributed by atoms with Crippen molar-refractivity contribution in [1.29, 1.82) is 0 Å². The van der Waals surface area contributed by atoms with Crippen LogP contribution in [-0.4, -0.2) is 17.0 Å². The van der Waals surface area contributed by atoms with Gasteiger partial charge in [0.2, 0.25) is 0 Å². The molecule has 2 atom stereocenters. The molecule has 0 heterocycles. The Balaban J connectivity index is 3.81. The van der Waals surface area contributed by atoms with Crippen LogP contribution in [0, 0.1) is 5.92 Å². The molecule has 0 saturated carbocycles. The molecule has 10 heavy (non-hydrogen) atoms. The Kier molecular flexibility index (Phi) is 4.28. The largest absolute Gasteiger partial charge is 0.392 e. The Morgan fingerprint density at radius 2 is 2.00 bits per heavy atom. The van der Waals surface area contributed by atoms with Gasteiger partial charge in [0.1, 0.15) is 5.78 Å². The fourth-order valence-corrected chi connectivity index (χ4v) is 0.890. The zero-order chi connectivity index (χ0) is 8.15. The van der Waals surface area contributed by atoms with Crippen LogP contribution in [0.4, 0.5) is 0 Å². The molecule has 1 N–H and O–H groups in total. The molecule has 2 heteroatoms. The van der Waals surface area contributed by atoms with Crippen molar-refractivity contribution in [3.05, 3.63) is 0 Å². The molecule has 0 aliphatic carbocycles. The molecule has 0 aliphatic heterocycles. The summed E-state index contributed by atoms with van der Waals surface area (Å²) in [5, 5.41) is 9.21. The van der Waals surface area contributed by atoms with Gasteiger partial charge in [-0.25, -0.2) is 0 Å². The summed E-state index contributed by atoms with van der Waals surface area (Å²) in [6.07, 6.45) is 0.734. The van der Waals surface area contributed by atoms with E-state index >= 15 is 0 Å². The van der Waals surface area contributed by atoms with Crippen LogP contribution in [0.15, 0.2) is 0 Å². The number of carbonyl (C=O) groups excluding carboxylic acids is 1. The third kappa shape index (κ3) is 2.48. The molecule has 0 rings (SSSR count). The number of Topliss-reactive ketones (excluding diaryl/α,β-unsaturated/α-hetero) is 1. The second-order valence-electron chi connectivity index (χ2n) is 2.58. The highest BCUT2D eigenvalue weighted by Crippen LogP contribution is 2.08. The van der Waals surface area contributed by atoms with E-state index in [0.717, 1.165) is 0 Å².